The number of carbonyl (C=O) groups excluding carboxylic acids is 1. The van der Waals surface area contributed by atoms with E-state index in [9.17, 15) is 4.79 Å². The van der Waals surface area contributed by atoms with Crippen molar-refractivity contribution in [3.63, 3.8) is 0 Å². The third-order valence-corrected chi connectivity index (χ3v) is 4.52. The topological polar surface area (TPSA) is 86.5 Å². The molecule has 0 unspecified atom stereocenters. The summed E-state index contributed by atoms with van der Waals surface area (Å²) in [6, 6.07) is 5.36. The van der Waals surface area contributed by atoms with Gasteiger partial charge in [0.2, 0.25) is 0 Å². The zero-order valence-corrected chi connectivity index (χ0v) is 14.7. The van der Waals surface area contributed by atoms with Crippen molar-refractivity contribution in [3.05, 3.63) is 30.0 Å². The maximum Gasteiger partial charge on any atom is 0.252 e. The number of pyridine rings is 1. The van der Waals surface area contributed by atoms with Crippen LogP contribution < -0.4 is 20.5 Å². The van der Waals surface area contributed by atoms with E-state index >= 15 is 0 Å². The highest BCUT2D eigenvalue weighted by molar-refractivity contribution is 6.01. The van der Waals surface area contributed by atoms with Crippen molar-refractivity contribution in [3.8, 4) is 11.5 Å². The van der Waals surface area contributed by atoms with E-state index in [1.54, 1.807) is 12.3 Å². The van der Waals surface area contributed by atoms with Crippen molar-refractivity contribution in [2.75, 3.05) is 13.1 Å². The summed E-state index contributed by atoms with van der Waals surface area (Å²) in [6.45, 7) is 5.86. The fraction of sp³-hybridized carbons (Fsp3) is 0.474. The summed E-state index contributed by atoms with van der Waals surface area (Å²) < 4.78 is 12.1. The van der Waals surface area contributed by atoms with Crippen LogP contribution in [0, 0.1) is 0 Å². The zero-order chi connectivity index (χ0) is 17.8. The first-order valence-electron chi connectivity index (χ1n) is 8.85. The molecule has 1 aromatic heterocycles. The highest BCUT2D eigenvalue weighted by Crippen LogP contribution is 2.32. The number of hydrogen-bond donors (Lipinski definition) is 2. The molecule has 0 radical (unpaired) electrons. The lowest BCUT2D eigenvalue weighted by Crippen LogP contribution is -2.37. The number of carbonyl (C=O) groups is 1. The van der Waals surface area contributed by atoms with Crippen LogP contribution in [-0.2, 0) is 0 Å². The van der Waals surface area contributed by atoms with Gasteiger partial charge in [-0.1, -0.05) is 6.92 Å². The quantitative estimate of drug-likeness (QED) is 0.842. The van der Waals surface area contributed by atoms with Crippen LogP contribution in [0.2, 0.25) is 0 Å². The lowest BCUT2D eigenvalue weighted by atomic mass is 10.1. The molecule has 1 saturated heterocycles. The number of rotatable bonds is 6. The minimum Gasteiger partial charge on any atom is -0.490 e. The molecule has 3 N–H and O–H groups in total. The highest BCUT2D eigenvalue weighted by Gasteiger charge is 2.19. The number of nitrogens with zero attached hydrogens (tertiary/aromatic N) is 1. The second-order valence-electron chi connectivity index (χ2n) is 6.46. The van der Waals surface area contributed by atoms with E-state index in [2.05, 4.69) is 10.3 Å². The van der Waals surface area contributed by atoms with Gasteiger partial charge in [0.1, 0.15) is 17.6 Å². The second kappa shape index (κ2) is 7.70. The standard InChI is InChI=1S/C19H25N3O3/c1-3-12(2)24-18-10-14-16(9-15(18)19(20)23)22-8-6-17(14)25-13-5-4-7-21-11-13/h6,8-10,12-13,21H,3-5,7,11H2,1-2H3,(H2,20,23)/t12-,13+/m0/s1. The molecule has 25 heavy (non-hydrogen) atoms. The number of ether oxygens (including phenoxy) is 2. The zero-order valence-electron chi connectivity index (χ0n) is 14.7. The first-order chi connectivity index (χ1) is 12.1. The molecule has 2 aromatic rings. The molecular weight excluding hydrogens is 318 g/mol. The number of fused-ring (bicyclic) bond motifs is 1. The van der Waals surface area contributed by atoms with Gasteiger partial charge in [-0.25, -0.2) is 0 Å². The maximum atomic E-state index is 11.8. The monoisotopic (exact) mass is 343 g/mol. The molecule has 0 spiro atoms. The molecule has 6 heteroatoms. The van der Waals surface area contributed by atoms with Gasteiger partial charge in [-0.15, -0.1) is 0 Å². The molecule has 0 aliphatic carbocycles. The normalized spacial score (nSPS) is 18.7. The van der Waals surface area contributed by atoms with Crippen LogP contribution in [0.1, 0.15) is 43.5 Å². The summed E-state index contributed by atoms with van der Waals surface area (Å²) in [4.78, 5) is 16.2. The molecule has 1 aliphatic rings. The van der Waals surface area contributed by atoms with E-state index in [0.29, 0.717) is 16.8 Å². The summed E-state index contributed by atoms with van der Waals surface area (Å²) in [5, 5.41) is 4.18. The summed E-state index contributed by atoms with van der Waals surface area (Å²) in [5.74, 6) is 0.711. The smallest absolute Gasteiger partial charge is 0.252 e. The number of aromatic nitrogens is 1. The van der Waals surface area contributed by atoms with Crippen LogP contribution in [-0.4, -0.2) is 36.2 Å². The lowest BCUT2D eigenvalue weighted by Gasteiger charge is -2.24. The fourth-order valence-electron chi connectivity index (χ4n) is 2.94. The molecule has 3 rings (SSSR count). The number of amides is 1. The fourth-order valence-corrected chi connectivity index (χ4v) is 2.94. The van der Waals surface area contributed by atoms with E-state index in [1.807, 2.05) is 26.0 Å². The highest BCUT2D eigenvalue weighted by atomic mass is 16.5. The first kappa shape index (κ1) is 17.5. The Hall–Kier alpha value is -2.34. The van der Waals surface area contributed by atoms with Gasteiger partial charge in [0, 0.05) is 18.1 Å². The summed E-state index contributed by atoms with van der Waals surface area (Å²) in [6.07, 6.45) is 4.76. The molecule has 0 saturated carbocycles. The van der Waals surface area contributed by atoms with E-state index < -0.39 is 5.91 Å². The molecule has 1 aromatic carbocycles. The van der Waals surface area contributed by atoms with E-state index in [4.69, 9.17) is 15.2 Å². The molecule has 1 fully saturated rings. The molecule has 2 atom stereocenters. The third kappa shape index (κ3) is 4.02. The van der Waals surface area contributed by atoms with E-state index in [-0.39, 0.29) is 12.2 Å². The van der Waals surface area contributed by atoms with Gasteiger partial charge in [-0.05, 0) is 50.9 Å². The second-order valence-corrected chi connectivity index (χ2v) is 6.46. The third-order valence-electron chi connectivity index (χ3n) is 4.52. The van der Waals surface area contributed by atoms with Crippen molar-refractivity contribution in [2.45, 2.75) is 45.3 Å². The molecule has 2 heterocycles. The van der Waals surface area contributed by atoms with Gasteiger partial charge < -0.3 is 20.5 Å². The molecule has 134 valence electrons. The predicted octanol–water partition coefficient (Wildman–Crippen LogP) is 2.64. The Labute approximate surface area is 147 Å². The van der Waals surface area contributed by atoms with E-state index in [0.717, 1.165) is 43.5 Å². The Balaban J connectivity index is 2.00. The first-order valence-corrected chi connectivity index (χ1v) is 8.85. The van der Waals surface area contributed by atoms with Crippen LogP contribution in [0.3, 0.4) is 0 Å². The summed E-state index contributed by atoms with van der Waals surface area (Å²) in [5.41, 5.74) is 6.54. The van der Waals surface area contributed by atoms with Crippen LogP contribution in [0.5, 0.6) is 11.5 Å². The van der Waals surface area contributed by atoms with Gasteiger partial charge in [-0.3, -0.25) is 9.78 Å². The Kier molecular flexibility index (Phi) is 5.38. The minimum atomic E-state index is -0.523. The number of hydrogen-bond acceptors (Lipinski definition) is 5. The van der Waals surface area contributed by atoms with Crippen molar-refractivity contribution >= 4 is 16.8 Å². The molecule has 1 amide bonds. The number of nitrogens with one attached hydrogen (secondary N) is 1. The summed E-state index contributed by atoms with van der Waals surface area (Å²) in [7, 11) is 0. The van der Waals surface area contributed by atoms with Crippen LogP contribution in [0.25, 0.3) is 10.9 Å². The molecule has 0 bridgehead atoms. The Morgan fingerprint density at radius 2 is 2.28 bits per heavy atom. The van der Waals surface area contributed by atoms with Gasteiger partial charge in [0.15, 0.2) is 0 Å². The average Bonchev–Trinajstić information content (AvgIpc) is 2.62. The minimum absolute atomic E-state index is 0.0147. The number of nitrogens with two attached hydrogens (primary N) is 1. The predicted molar refractivity (Wildman–Crippen MR) is 97.2 cm³/mol. The Morgan fingerprint density at radius 3 is 2.96 bits per heavy atom. The Morgan fingerprint density at radius 1 is 1.44 bits per heavy atom. The van der Waals surface area contributed by atoms with Crippen LogP contribution >= 0.6 is 0 Å². The molecular formula is C19H25N3O3. The van der Waals surface area contributed by atoms with Crippen molar-refractivity contribution in [1.29, 1.82) is 0 Å². The van der Waals surface area contributed by atoms with Gasteiger partial charge >= 0.3 is 0 Å². The summed E-state index contributed by atoms with van der Waals surface area (Å²) >= 11 is 0. The maximum absolute atomic E-state index is 11.8. The van der Waals surface area contributed by atoms with Crippen molar-refractivity contribution < 1.29 is 14.3 Å². The molecule has 1 aliphatic heterocycles. The average molecular weight is 343 g/mol. The van der Waals surface area contributed by atoms with Gasteiger partial charge in [0.05, 0.1) is 17.2 Å². The molecule has 6 nitrogen and oxygen atoms in total. The largest absolute Gasteiger partial charge is 0.490 e. The van der Waals surface area contributed by atoms with Gasteiger partial charge in [0.25, 0.3) is 5.91 Å². The SMILES string of the molecule is CC[C@H](C)Oc1cc2c(O[C@@H]3CCCNC3)ccnc2cc1C(N)=O. The van der Waals surface area contributed by atoms with Crippen LogP contribution in [0.15, 0.2) is 24.4 Å². The lowest BCUT2D eigenvalue weighted by molar-refractivity contribution is 0.0993. The van der Waals surface area contributed by atoms with E-state index in [1.165, 1.54) is 0 Å². The van der Waals surface area contributed by atoms with Crippen molar-refractivity contribution in [2.24, 2.45) is 5.73 Å². The van der Waals surface area contributed by atoms with Crippen molar-refractivity contribution in [1.82, 2.24) is 10.3 Å². The van der Waals surface area contributed by atoms with Gasteiger partial charge in [-0.2, -0.15) is 0 Å². The number of piperidine rings is 1. The Bertz CT molecular complexity index is 757. The van der Waals surface area contributed by atoms with Crippen LogP contribution in [0.4, 0.5) is 0 Å². The number of primary amides is 1. The number of benzene rings is 1.